The van der Waals surface area contributed by atoms with Gasteiger partial charge >= 0.3 is 0 Å². The molecule has 0 aromatic carbocycles. The van der Waals surface area contributed by atoms with Crippen LogP contribution in [0.3, 0.4) is 0 Å². The van der Waals surface area contributed by atoms with Gasteiger partial charge in [-0.05, 0) is 36.9 Å². The Labute approximate surface area is 111 Å². The van der Waals surface area contributed by atoms with Crippen LogP contribution in [0.25, 0.3) is 9.40 Å². The molecule has 1 N–H and O–H groups in total. The minimum absolute atomic E-state index is 0.470. The lowest BCUT2D eigenvalue weighted by atomic mass is 10.1. The van der Waals surface area contributed by atoms with E-state index in [1.165, 1.54) is 14.3 Å². The zero-order valence-corrected chi connectivity index (χ0v) is 11.7. The van der Waals surface area contributed by atoms with Crippen molar-refractivity contribution < 1.29 is 0 Å². The maximum absolute atomic E-state index is 5.31. The lowest BCUT2D eigenvalue weighted by Gasteiger charge is -2.15. The van der Waals surface area contributed by atoms with Crippen LogP contribution in [0.2, 0.25) is 0 Å². The van der Waals surface area contributed by atoms with Crippen molar-refractivity contribution in [2.75, 3.05) is 6.54 Å². The Morgan fingerprint density at radius 1 is 1.47 bits per heavy atom. The Morgan fingerprint density at radius 3 is 3.06 bits per heavy atom. The van der Waals surface area contributed by atoms with Gasteiger partial charge in [0.15, 0.2) is 0 Å². The molecule has 2 aromatic rings. The summed E-state index contributed by atoms with van der Waals surface area (Å²) in [6, 6.07) is 5.00. The molecule has 0 saturated carbocycles. The smallest absolute Gasteiger partial charge is 0.0454 e. The molecular weight excluding hydrogens is 246 g/mol. The molecular formula is C14H17NS2. The maximum atomic E-state index is 5.31. The van der Waals surface area contributed by atoms with E-state index in [1.54, 1.807) is 0 Å². The molecule has 1 unspecified atom stereocenters. The van der Waals surface area contributed by atoms with Crippen molar-refractivity contribution in [2.45, 2.75) is 32.2 Å². The van der Waals surface area contributed by atoms with Crippen LogP contribution in [0.1, 0.15) is 37.1 Å². The SMILES string of the molecule is C#CCCCC(NCC)c1cc2sccc2s1. The predicted octanol–water partition coefficient (Wildman–Crippen LogP) is 4.42. The highest BCUT2D eigenvalue weighted by Gasteiger charge is 2.13. The molecule has 1 nitrogen and oxygen atoms in total. The van der Waals surface area contributed by atoms with Gasteiger partial charge in [-0.1, -0.05) is 6.92 Å². The fraction of sp³-hybridized carbons (Fsp3) is 0.429. The number of hydrogen-bond acceptors (Lipinski definition) is 3. The third-order valence-corrected chi connectivity index (χ3v) is 4.97. The molecule has 2 heterocycles. The highest BCUT2D eigenvalue weighted by molar-refractivity contribution is 7.26. The van der Waals surface area contributed by atoms with E-state index >= 15 is 0 Å². The molecule has 0 amide bonds. The molecule has 1 atom stereocenters. The van der Waals surface area contributed by atoms with E-state index in [-0.39, 0.29) is 0 Å². The van der Waals surface area contributed by atoms with Crippen LogP contribution < -0.4 is 5.32 Å². The zero-order valence-electron chi connectivity index (χ0n) is 10.0. The second-order valence-corrected chi connectivity index (χ2v) is 6.07. The largest absolute Gasteiger partial charge is 0.310 e. The van der Waals surface area contributed by atoms with Crippen LogP contribution in [0.15, 0.2) is 17.5 Å². The molecule has 17 heavy (non-hydrogen) atoms. The normalized spacial score (nSPS) is 12.7. The van der Waals surface area contributed by atoms with Crippen molar-refractivity contribution in [1.29, 1.82) is 0 Å². The Balaban J connectivity index is 2.09. The van der Waals surface area contributed by atoms with Crippen LogP contribution in [-0.4, -0.2) is 6.54 Å². The van der Waals surface area contributed by atoms with E-state index in [2.05, 4.69) is 35.7 Å². The topological polar surface area (TPSA) is 12.0 Å². The first-order valence-corrected chi connectivity index (χ1v) is 7.68. The van der Waals surface area contributed by atoms with E-state index in [1.807, 2.05) is 22.7 Å². The molecule has 90 valence electrons. The highest BCUT2D eigenvalue weighted by Crippen LogP contribution is 2.34. The number of rotatable bonds is 6. The quantitative estimate of drug-likeness (QED) is 0.601. The standard InChI is InChI=1S/C14H17NS2/c1-3-5-6-7-11(15-4-2)13-10-14-12(17-13)8-9-16-14/h1,8-11,15H,4-7H2,2H3. The van der Waals surface area contributed by atoms with Gasteiger partial charge < -0.3 is 5.32 Å². The first kappa shape index (κ1) is 12.6. The summed E-state index contributed by atoms with van der Waals surface area (Å²) in [5.74, 6) is 2.72. The van der Waals surface area contributed by atoms with Gasteiger partial charge in [0, 0.05) is 26.7 Å². The molecule has 0 fully saturated rings. The molecule has 0 aliphatic rings. The lowest BCUT2D eigenvalue weighted by molar-refractivity contribution is 0.509. The second kappa shape index (κ2) is 6.20. The second-order valence-electron chi connectivity index (χ2n) is 4.00. The van der Waals surface area contributed by atoms with Gasteiger partial charge in [0.05, 0.1) is 0 Å². The van der Waals surface area contributed by atoms with E-state index in [4.69, 9.17) is 6.42 Å². The average molecular weight is 263 g/mol. The monoisotopic (exact) mass is 263 g/mol. The number of unbranched alkanes of at least 4 members (excludes halogenated alkanes) is 1. The number of terminal acetylenes is 1. The highest BCUT2D eigenvalue weighted by atomic mass is 32.1. The van der Waals surface area contributed by atoms with E-state index in [0.717, 1.165) is 25.8 Å². The van der Waals surface area contributed by atoms with Gasteiger partial charge in [-0.15, -0.1) is 35.0 Å². The van der Waals surface area contributed by atoms with Crippen LogP contribution in [-0.2, 0) is 0 Å². The van der Waals surface area contributed by atoms with Crippen LogP contribution in [0.5, 0.6) is 0 Å². The number of thiophene rings is 2. The van der Waals surface area contributed by atoms with Crippen molar-refractivity contribution in [3.05, 3.63) is 22.4 Å². The summed E-state index contributed by atoms with van der Waals surface area (Å²) in [5.41, 5.74) is 0. The summed E-state index contributed by atoms with van der Waals surface area (Å²) in [6.45, 7) is 3.16. The summed E-state index contributed by atoms with van der Waals surface area (Å²) < 4.78 is 2.81. The molecule has 0 aliphatic carbocycles. The zero-order chi connectivity index (χ0) is 12.1. The summed E-state index contributed by atoms with van der Waals surface area (Å²) in [7, 11) is 0. The predicted molar refractivity (Wildman–Crippen MR) is 78.8 cm³/mol. The van der Waals surface area contributed by atoms with Crippen LogP contribution in [0, 0.1) is 12.3 Å². The van der Waals surface area contributed by atoms with Gasteiger partial charge in [0.25, 0.3) is 0 Å². The van der Waals surface area contributed by atoms with Crippen molar-refractivity contribution >= 4 is 32.1 Å². The minimum atomic E-state index is 0.470. The Morgan fingerprint density at radius 2 is 2.35 bits per heavy atom. The molecule has 2 rings (SSSR count). The van der Waals surface area contributed by atoms with Crippen molar-refractivity contribution in [2.24, 2.45) is 0 Å². The van der Waals surface area contributed by atoms with Gasteiger partial charge in [-0.25, -0.2) is 0 Å². The Kier molecular flexibility index (Phi) is 4.61. The lowest BCUT2D eigenvalue weighted by Crippen LogP contribution is -2.19. The summed E-state index contributed by atoms with van der Waals surface area (Å²) in [6.07, 6.45) is 8.41. The number of hydrogen-bond donors (Lipinski definition) is 1. The Bertz CT molecular complexity index is 475. The first-order valence-electron chi connectivity index (χ1n) is 5.99. The third kappa shape index (κ3) is 3.10. The molecule has 0 aliphatic heterocycles. The third-order valence-electron chi connectivity index (χ3n) is 2.77. The molecule has 0 bridgehead atoms. The minimum Gasteiger partial charge on any atom is -0.310 e. The average Bonchev–Trinajstić information content (AvgIpc) is 2.88. The van der Waals surface area contributed by atoms with Gasteiger partial charge in [-0.3, -0.25) is 0 Å². The fourth-order valence-electron chi connectivity index (χ4n) is 1.96. The molecule has 0 radical (unpaired) electrons. The number of nitrogens with one attached hydrogen (secondary N) is 1. The van der Waals surface area contributed by atoms with Crippen LogP contribution in [0.4, 0.5) is 0 Å². The summed E-state index contributed by atoms with van der Waals surface area (Å²) in [5, 5.41) is 5.71. The van der Waals surface area contributed by atoms with Gasteiger partial charge in [0.2, 0.25) is 0 Å². The molecule has 0 spiro atoms. The van der Waals surface area contributed by atoms with E-state index in [9.17, 15) is 0 Å². The Hall–Kier alpha value is -0.820. The van der Waals surface area contributed by atoms with Crippen molar-refractivity contribution in [3.63, 3.8) is 0 Å². The summed E-state index contributed by atoms with van der Waals surface area (Å²) >= 11 is 3.73. The van der Waals surface area contributed by atoms with Crippen molar-refractivity contribution in [1.82, 2.24) is 5.32 Å². The first-order chi connectivity index (χ1) is 8.35. The van der Waals surface area contributed by atoms with E-state index in [0.29, 0.717) is 6.04 Å². The summed E-state index contributed by atoms with van der Waals surface area (Å²) in [4.78, 5) is 1.45. The van der Waals surface area contributed by atoms with Crippen molar-refractivity contribution in [3.8, 4) is 12.3 Å². The van der Waals surface area contributed by atoms with Crippen LogP contribution >= 0.6 is 22.7 Å². The van der Waals surface area contributed by atoms with Gasteiger partial charge in [0.1, 0.15) is 0 Å². The number of fused-ring (bicyclic) bond motifs is 1. The molecule has 0 saturated heterocycles. The fourth-order valence-corrected chi connectivity index (χ4v) is 4.19. The maximum Gasteiger partial charge on any atom is 0.0454 e. The van der Waals surface area contributed by atoms with E-state index < -0.39 is 0 Å². The molecule has 2 aromatic heterocycles. The van der Waals surface area contributed by atoms with Gasteiger partial charge in [-0.2, -0.15) is 0 Å². The molecule has 3 heteroatoms.